The van der Waals surface area contributed by atoms with Gasteiger partial charge in [-0.2, -0.15) is 0 Å². The summed E-state index contributed by atoms with van der Waals surface area (Å²) in [6.45, 7) is 7.07. The number of hydrogen-bond acceptors (Lipinski definition) is 5. The molecule has 0 unspecified atom stereocenters. The van der Waals surface area contributed by atoms with E-state index < -0.39 is 16.1 Å². The number of carbonyl (C=O) groups is 2. The lowest BCUT2D eigenvalue weighted by molar-refractivity contribution is -0.141. The van der Waals surface area contributed by atoms with Crippen LogP contribution < -0.4 is 14.4 Å². The van der Waals surface area contributed by atoms with Gasteiger partial charge in [0.25, 0.3) is 0 Å². The third-order valence-electron chi connectivity index (χ3n) is 6.81. The van der Waals surface area contributed by atoms with Crippen molar-refractivity contribution in [2.45, 2.75) is 52.6 Å². The predicted octanol–water partition coefficient (Wildman–Crippen LogP) is 4.72. The largest absolute Gasteiger partial charge is 0.494 e. The van der Waals surface area contributed by atoms with Crippen LogP contribution in [0.5, 0.6) is 5.75 Å². The fourth-order valence-electron chi connectivity index (χ4n) is 4.70. The average Bonchev–Trinajstić information content (AvgIpc) is 2.94. The molecule has 0 saturated heterocycles. The fourth-order valence-corrected chi connectivity index (χ4v) is 5.66. The van der Waals surface area contributed by atoms with Gasteiger partial charge in [-0.1, -0.05) is 54.6 Å². The van der Waals surface area contributed by atoms with Crippen LogP contribution in [0.3, 0.4) is 0 Å². The van der Waals surface area contributed by atoms with Crippen molar-refractivity contribution in [2.75, 3.05) is 30.3 Å². The number of nitrogens with zero attached hydrogens (tertiary/aromatic N) is 2. The van der Waals surface area contributed by atoms with E-state index >= 15 is 0 Å². The van der Waals surface area contributed by atoms with Crippen LogP contribution in [-0.4, -0.2) is 57.1 Å². The maximum atomic E-state index is 13.8. The molecule has 0 aromatic heterocycles. The molecule has 220 valence electrons. The number of carbonyl (C=O) groups excluding carboxylic acids is 2. The van der Waals surface area contributed by atoms with E-state index in [9.17, 15) is 18.0 Å². The number of anilines is 1. The highest BCUT2D eigenvalue weighted by Crippen LogP contribution is 2.23. The van der Waals surface area contributed by atoms with Crippen LogP contribution in [-0.2, 0) is 32.6 Å². The zero-order chi connectivity index (χ0) is 29.8. The summed E-state index contributed by atoms with van der Waals surface area (Å²) in [6, 6.07) is 23.6. The van der Waals surface area contributed by atoms with E-state index in [2.05, 4.69) is 5.32 Å². The van der Waals surface area contributed by atoms with Crippen LogP contribution in [0, 0.1) is 6.92 Å². The average molecular weight is 580 g/mol. The van der Waals surface area contributed by atoms with E-state index in [1.807, 2.05) is 75.4 Å². The molecule has 0 heterocycles. The molecule has 0 saturated carbocycles. The van der Waals surface area contributed by atoms with Crippen molar-refractivity contribution < 1.29 is 22.7 Å². The molecule has 3 aromatic rings. The third-order valence-corrected chi connectivity index (χ3v) is 8.01. The second-order valence-electron chi connectivity index (χ2n) is 9.91. The van der Waals surface area contributed by atoms with Gasteiger partial charge in [0.1, 0.15) is 11.8 Å². The van der Waals surface area contributed by atoms with Gasteiger partial charge < -0.3 is 15.0 Å². The van der Waals surface area contributed by atoms with E-state index in [1.165, 1.54) is 4.31 Å². The van der Waals surface area contributed by atoms with Crippen molar-refractivity contribution in [2.24, 2.45) is 0 Å². The van der Waals surface area contributed by atoms with Gasteiger partial charge in [0.2, 0.25) is 21.8 Å². The third kappa shape index (κ3) is 9.35. The van der Waals surface area contributed by atoms with Gasteiger partial charge in [0, 0.05) is 32.5 Å². The second kappa shape index (κ2) is 15.2. The summed E-state index contributed by atoms with van der Waals surface area (Å²) in [4.78, 5) is 28.8. The molecule has 41 heavy (non-hydrogen) atoms. The Morgan fingerprint density at radius 2 is 1.59 bits per heavy atom. The van der Waals surface area contributed by atoms with Gasteiger partial charge in [-0.05, 0) is 68.1 Å². The fraction of sp³-hybridized carbons (Fsp3) is 0.375. The summed E-state index contributed by atoms with van der Waals surface area (Å²) in [5.74, 6) is 0.229. The zero-order valence-electron chi connectivity index (χ0n) is 24.4. The maximum Gasteiger partial charge on any atom is 0.243 e. The normalized spacial score (nSPS) is 11.9. The maximum absolute atomic E-state index is 13.8. The molecule has 0 aliphatic carbocycles. The molecule has 1 atom stereocenters. The van der Waals surface area contributed by atoms with Crippen LogP contribution in [0.4, 0.5) is 5.69 Å². The highest BCUT2D eigenvalue weighted by molar-refractivity contribution is 7.92. The predicted molar refractivity (Wildman–Crippen MR) is 163 cm³/mol. The summed E-state index contributed by atoms with van der Waals surface area (Å²) in [7, 11) is -3.59. The summed E-state index contributed by atoms with van der Waals surface area (Å²) in [5.41, 5.74) is 3.43. The van der Waals surface area contributed by atoms with Crippen LogP contribution >= 0.6 is 0 Å². The molecular formula is C32H41N3O5S. The highest BCUT2D eigenvalue weighted by Gasteiger charge is 2.30. The summed E-state index contributed by atoms with van der Waals surface area (Å²) >= 11 is 0. The minimum absolute atomic E-state index is 0.0830. The lowest BCUT2D eigenvalue weighted by Gasteiger charge is -2.32. The van der Waals surface area contributed by atoms with Gasteiger partial charge in [0.15, 0.2) is 0 Å². The van der Waals surface area contributed by atoms with Crippen molar-refractivity contribution in [3.8, 4) is 5.75 Å². The number of rotatable bonds is 15. The summed E-state index contributed by atoms with van der Waals surface area (Å²) < 4.78 is 32.1. The van der Waals surface area contributed by atoms with Crippen molar-refractivity contribution in [1.82, 2.24) is 10.2 Å². The number of aryl methyl sites for hydroxylation is 1. The highest BCUT2D eigenvalue weighted by atomic mass is 32.2. The first-order chi connectivity index (χ1) is 19.6. The van der Waals surface area contributed by atoms with Crippen molar-refractivity contribution in [3.05, 3.63) is 95.6 Å². The van der Waals surface area contributed by atoms with E-state index in [0.29, 0.717) is 31.0 Å². The van der Waals surface area contributed by atoms with Crippen LogP contribution in [0.2, 0.25) is 0 Å². The van der Waals surface area contributed by atoms with Gasteiger partial charge in [-0.15, -0.1) is 0 Å². The molecule has 0 fully saturated rings. The molecular weight excluding hydrogens is 538 g/mol. The molecule has 0 aliphatic heterocycles. The quantitative estimate of drug-likeness (QED) is 0.281. The van der Waals surface area contributed by atoms with E-state index in [0.717, 1.165) is 22.9 Å². The molecule has 0 spiro atoms. The van der Waals surface area contributed by atoms with Gasteiger partial charge >= 0.3 is 0 Å². The lowest BCUT2D eigenvalue weighted by atomic mass is 10.0. The summed E-state index contributed by atoms with van der Waals surface area (Å²) in [5, 5.41) is 2.90. The Kier molecular flexibility index (Phi) is 11.8. The van der Waals surface area contributed by atoms with E-state index in [4.69, 9.17) is 4.74 Å². The topological polar surface area (TPSA) is 96.0 Å². The smallest absolute Gasteiger partial charge is 0.243 e. The Bertz CT molecular complexity index is 1380. The molecule has 2 amide bonds. The Balaban J connectivity index is 1.85. The Labute approximate surface area is 244 Å². The number of likely N-dealkylation sites (N-methyl/N-ethyl adjacent to an activating group) is 1. The molecule has 3 aromatic carbocycles. The first kappa shape index (κ1) is 31.7. The first-order valence-corrected chi connectivity index (χ1v) is 15.8. The van der Waals surface area contributed by atoms with Crippen LogP contribution in [0.25, 0.3) is 0 Å². The number of benzene rings is 3. The summed E-state index contributed by atoms with van der Waals surface area (Å²) in [6.07, 6.45) is 1.89. The molecule has 8 nitrogen and oxygen atoms in total. The first-order valence-electron chi connectivity index (χ1n) is 14.0. The minimum atomic E-state index is -3.59. The minimum Gasteiger partial charge on any atom is -0.494 e. The number of sulfonamides is 1. The Morgan fingerprint density at radius 3 is 2.20 bits per heavy atom. The number of nitrogens with one attached hydrogen (secondary N) is 1. The van der Waals surface area contributed by atoms with Crippen LogP contribution in [0.15, 0.2) is 78.9 Å². The molecule has 0 radical (unpaired) electrons. The number of hydrogen-bond donors (Lipinski definition) is 1. The lowest BCUT2D eigenvalue weighted by Crippen LogP contribution is -2.50. The van der Waals surface area contributed by atoms with Crippen molar-refractivity contribution in [1.29, 1.82) is 0 Å². The standard InChI is InChI=1S/C32H41N3O5S/c1-5-33-32(37)30(23-26-14-8-7-9-15-26)34(24-27-16-11-10-13-25(27)3)31(36)17-12-22-35(41(4,38)39)28-18-20-29(21-19-28)40-6-2/h7-11,13-16,18-21,30H,5-6,12,17,22-24H2,1-4H3,(H,33,37)/t30-/m1/s1. The van der Waals surface area contributed by atoms with Crippen molar-refractivity contribution in [3.63, 3.8) is 0 Å². The van der Waals surface area contributed by atoms with Crippen LogP contribution in [0.1, 0.15) is 43.4 Å². The second-order valence-corrected chi connectivity index (χ2v) is 11.8. The molecule has 3 rings (SSSR count). The molecule has 9 heteroatoms. The number of amides is 2. The molecule has 0 aliphatic rings. The SMILES string of the molecule is CCNC(=O)[C@@H](Cc1ccccc1)N(Cc1ccccc1C)C(=O)CCCN(c1ccc(OCC)cc1)S(C)(=O)=O. The van der Waals surface area contributed by atoms with Crippen molar-refractivity contribution >= 4 is 27.5 Å². The molecule has 0 bridgehead atoms. The van der Waals surface area contributed by atoms with Gasteiger partial charge in [0.05, 0.1) is 18.6 Å². The van der Waals surface area contributed by atoms with Gasteiger partial charge in [-0.3, -0.25) is 13.9 Å². The zero-order valence-corrected chi connectivity index (χ0v) is 25.2. The number of ether oxygens (including phenoxy) is 1. The van der Waals surface area contributed by atoms with E-state index in [-0.39, 0.29) is 37.7 Å². The molecule has 1 N–H and O–H groups in total. The van der Waals surface area contributed by atoms with Gasteiger partial charge in [-0.25, -0.2) is 8.42 Å². The monoisotopic (exact) mass is 579 g/mol. The Morgan fingerprint density at radius 1 is 0.927 bits per heavy atom. The Hall–Kier alpha value is -3.85. The van der Waals surface area contributed by atoms with E-state index in [1.54, 1.807) is 29.2 Å².